The van der Waals surface area contributed by atoms with Crippen LogP contribution in [0.15, 0.2) is 0 Å². The summed E-state index contributed by atoms with van der Waals surface area (Å²) in [6, 6.07) is 0. The lowest BCUT2D eigenvalue weighted by Gasteiger charge is -2.20. The predicted molar refractivity (Wildman–Crippen MR) is 131 cm³/mol. The van der Waals surface area contributed by atoms with Crippen LogP contribution in [0.25, 0.3) is 0 Å². The van der Waals surface area contributed by atoms with Crippen LogP contribution in [0.3, 0.4) is 0 Å². The molecule has 0 amide bonds. The second kappa shape index (κ2) is 16.1. The second-order valence-electron chi connectivity index (χ2n) is 9.58. The van der Waals surface area contributed by atoms with Crippen LogP contribution >= 0.6 is 11.6 Å². The monoisotopic (exact) mass is 467 g/mol. The zero-order valence-electron chi connectivity index (χ0n) is 19.0. The summed E-state index contributed by atoms with van der Waals surface area (Å²) in [7, 11) is -2.79. The van der Waals surface area contributed by atoms with Crippen molar-refractivity contribution in [1.29, 1.82) is 4.78 Å². The molecule has 3 aliphatic rings. The number of rotatable bonds is 5. The molecule has 3 aliphatic carbocycles. The fraction of sp³-hybridized carbons (Fsp3) is 1.00. The molecule has 1 N–H and O–H groups in total. The van der Waals surface area contributed by atoms with Gasteiger partial charge in [0.1, 0.15) is 0 Å². The summed E-state index contributed by atoms with van der Waals surface area (Å²) >= 11 is 5.68. The Kier molecular flexibility index (Phi) is 15.2. The molecule has 174 valence electrons. The Labute approximate surface area is 189 Å². The van der Waals surface area contributed by atoms with Crippen LogP contribution in [0.4, 0.5) is 0 Å². The fourth-order valence-electron chi connectivity index (χ4n) is 4.83. The van der Waals surface area contributed by atoms with Gasteiger partial charge in [-0.3, -0.25) is 13.2 Å². The zero-order valence-corrected chi connectivity index (χ0v) is 21.4. The van der Waals surface area contributed by atoms with E-state index in [9.17, 15) is 8.42 Å². The molecule has 0 radical (unpaired) electrons. The van der Waals surface area contributed by atoms with Crippen LogP contribution in [0.5, 0.6) is 0 Å². The van der Waals surface area contributed by atoms with E-state index in [2.05, 4.69) is 0 Å². The average molecular weight is 468 g/mol. The fourth-order valence-corrected chi connectivity index (χ4v) is 7.37. The lowest BCUT2D eigenvalue weighted by Crippen LogP contribution is -2.16. The standard InChI is InChI=1S/C8H17NOS.C8H16OS.C7H13Cl/c1-11(9,10)7-8-5-3-2-4-6-8;1-10(9)7-8-5-3-2-4-6-8;8-6-7-4-2-1-3-5-7/h8-9H,2-7H2,1H3;8H,2-7H2,1H3;7H,1-6H2. The molecule has 0 spiro atoms. The Morgan fingerprint density at radius 3 is 1.48 bits per heavy atom. The normalized spacial score (nSPS) is 24.9. The maximum Gasteiger partial charge on any atom is 0.0415 e. The Morgan fingerprint density at radius 1 is 0.793 bits per heavy atom. The summed E-state index contributed by atoms with van der Waals surface area (Å²) < 4.78 is 29.2. The largest absolute Gasteiger partial charge is 0.260 e. The molecule has 29 heavy (non-hydrogen) atoms. The van der Waals surface area contributed by atoms with Crippen LogP contribution in [-0.4, -0.2) is 38.3 Å². The maximum atomic E-state index is 11.1. The van der Waals surface area contributed by atoms with Crippen molar-refractivity contribution in [2.45, 2.75) is 96.3 Å². The minimum absolute atomic E-state index is 0.563. The Morgan fingerprint density at radius 2 is 1.17 bits per heavy atom. The second-order valence-corrected chi connectivity index (χ2v) is 13.7. The highest BCUT2D eigenvalue weighted by atomic mass is 35.5. The van der Waals surface area contributed by atoms with Crippen molar-refractivity contribution in [3.8, 4) is 0 Å². The van der Waals surface area contributed by atoms with Gasteiger partial charge in [-0.05, 0) is 56.3 Å². The van der Waals surface area contributed by atoms with Gasteiger partial charge in [-0.2, -0.15) is 0 Å². The molecule has 0 heterocycles. The molecule has 0 aromatic rings. The van der Waals surface area contributed by atoms with Crippen molar-refractivity contribution in [3.05, 3.63) is 0 Å². The zero-order chi connectivity index (χ0) is 21.5. The van der Waals surface area contributed by atoms with Gasteiger partial charge < -0.3 is 0 Å². The molecule has 0 aromatic carbocycles. The van der Waals surface area contributed by atoms with Gasteiger partial charge in [0.05, 0.1) is 0 Å². The van der Waals surface area contributed by atoms with Gasteiger partial charge in [-0.1, -0.05) is 57.8 Å². The van der Waals surface area contributed by atoms with Crippen LogP contribution < -0.4 is 0 Å². The number of nitrogens with one attached hydrogen (secondary N) is 1. The number of hydrogen-bond acceptors (Lipinski definition) is 3. The van der Waals surface area contributed by atoms with Gasteiger partial charge in [0.25, 0.3) is 0 Å². The summed E-state index contributed by atoms with van der Waals surface area (Å²) in [6.45, 7) is 0. The smallest absolute Gasteiger partial charge is 0.0415 e. The van der Waals surface area contributed by atoms with Crippen LogP contribution in [0.2, 0.25) is 0 Å². The first kappa shape index (κ1) is 27.4. The molecule has 2 atom stereocenters. The predicted octanol–water partition coefficient (Wildman–Crippen LogP) is 6.99. The van der Waals surface area contributed by atoms with Crippen LogP contribution in [-0.2, 0) is 20.5 Å². The third-order valence-corrected chi connectivity index (χ3v) is 8.90. The molecule has 6 heteroatoms. The third-order valence-electron chi connectivity index (χ3n) is 6.42. The number of halogens is 1. The van der Waals surface area contributed by atoms with Crippen molar-refractivity contribution in [3.63, 3.8) is 0 Å². The van der Waals surface area contributed by atoms with Crippen LogP contribution in [0, 0.1) is 22.5 Å². The van der Waals surface area contributed by atoms with E-state index in [-0.39, 0.29) is 0 Å². The van der Waals surface area contributed by atoms with E-state index < -0.39 is 20.5 Å². The van der Waals surface area contributed by atoms with Gasteiger partial charge in [0.2, 0.25) is 0 Å². The van der Waals surface area contributed by atoms with Gasteiger partial charge in [-0.25, -0.2) is 0 Å². The molecule has 0 aromatic heterocycles. The molecule has 3 nitrogen and oxygen atoms in total. The van der Waals surface area contributed by atoms with Crippen molar-refractivity contribution in [1.82, 2.24) is 0 Å². The molecule has 2 unspecified atom stereocenters. The Hall–Kier alpha value is 0.390. The summed E-state index contributed by atoms with van der Waals surface area (Å²) in [5, 5.41) is 0. The molecule has 0 aliphatic heterocycles. The summed E-state index contributed by atoms with van der Waals surface area (Å²) in [6.07, 6.45) is 23.4. The molecule has 0 saturated heterocycles. The minimum atomic E-state index is -2.22. The molecule has 3 fully saturated rings. The van der Waals surface area contributed by atoms with E-state index in [0.717, 1.165) is 23.5 Å². The highest BCUT2D eigenvalue weighted by Gasteiger charge is 2.16. The summed E-state index contributed by atoms with van der Waals surface area (Å²) in [5.74, 6) is 4.68. The van der Waals surface area contributed by atoms with E-state index >= 15 is 0 Å². The third kappa shape index (κ3) is 15.8. The summed E-state index contributed by atoms with van der Waals surface area (Å²) in [5.41, 5.74) is 0. The van der Waals surface area contributed by atoms with Crippen molar-refractivity contribution >= 4 is 32.1 Å². The Balaban J connectivity index is 0.000000220. The average Bonchev–Trinajstić information content (AvgIpc) is 2.69. The van der Waals surface area contributed by atoms with E-state index in [1.54, 1.807) is 6.26 Å². The van der Waals surface area contributed by atoms with Crippen LogP contribution in [0.1, 0.15) is 96.3 Å². The quantitative estimate of drug-likeness (QED) is 0.442. The highest BCUT2D eigenvalue weighted by Crippen LogP contribution is 2.25. The first-order valence-electron chi connectivity index (χ1n) is 11.9. The Bertz CT molecular complexity index is 521. The van der Waals surface area contributed by atoms with Crippen molar-refractivity contribution in [2.75, 3.05) is 29.9 Å². The van der Waals surface area contributed by atoms with E-state index in [4.69, 9.17) is 16.4 Å². The molecule has 3 rings (SSSR count). The first-order chi connectivity index (χ1) is 13.8. The van der Waals surface area contributed by atoms with Gasteiger partial charge in [-0.15, -0.1) is 11.6 Å². The van der Waals surface area contributed by atoms with E-state index in [1.165, 1.54) is 96.3 Å². The molecule has 3 saturated carbocycles. The molecular formula is C23H46ClNO2S2. The number of hydrogen-bond donors (Lipinski definition) is 1. The lowest BCUT2D eigenvalue weighted by atomic mass is 9.91. The van der Waals surface area contributed by atoms with Gasteiger partial charge in [0, 0.05) is 50.4 Å². The molecule has 0 bridgehead atoms. The van der Waals surface area contributed by atoms with Gasteiger partial charge >= 0.3 is 0 Å². The van der Waals surface area contributed by atoms with Crippen molar-refractivity contribution < 1.29 is 8.42 Å². The number of alkyl halides is 1. The maximum absolute atomic E-state index is 11.1. The van der Waals surface area contributed by atoms with Gasteiger partial charge in [0.15, 0.2) is 0 Å². The topological polar surface area (TPSA) is 58.0 Å². The molecular weight excluding hydrogens is 422 g/mol. The van der Waals surface area contributed by atoms with E-state index in [1.807, 2.05) is 6.26 Å². The SMILES string of the molecule is CS(=N)(=O)CC1CCCCC1.CS(=O)CC1CCCCC1.ClCC1CCCCC1. The lowest BCUT2D eigenvalue weighted by molar-refractivity contribution is 0.388. The first-order valence-corrected chi connectivity index (χ1v) is 16.3. The highest BCUT2D eigenvalue weighted by molar-refractivity contribution is 7.91. The van der Waals surface area contributed by atoms with Crippen molar-refractivity contribution in [2.24, 2.45) is 17.8 Å². The minimum Gasteiger partial charge on any atom is -0.260 e. The van der Waals surface area contributed by atoms with E-state index in [0.29, 0.717) is 11.7 Å². The summed E-state index contributed by atoms with van der Waals surface area (Å²) in [4.78, 5) is 0.